The summed E-state index contributed by atoms with van der Waals surface area (Å²) >= 11 is 0. The Hall–Kier alpha value is -2.62. The maximum atomic E-state index is 13.4. The van der Waals surface area contributed by atoms with E-state index in [0.29, 0.717) is 12.3 Å². The molecule has 3 aromatic rings. The summed E-state index contributed by atoms with van der Waals surface area (Å²) in [6.07, 6.45) is 0. The third-order valence-electron chi connectivity index (χ3n) is 3.29. The molecule has 106 valence electrons. The van der Waals surface area contributed by atoms with Crippen molar-refractivity contribution in [3.63, 3.8) is 0 Å². The maximum Gasteiger partial charge on any atom is 0.354 e. The molecule has 1 aromatic heterocycles. The number of halogens is 1. The molecular weight excluding hydrogens is 269 g/mol. The number of ether oxygens (including phenoxy) is 1. The van der Waals surface area contributed by atoms with E-state index in [4.69, 9.17) is 4.74 Å². The van der Waals surface area contributed by atoms with Crippen LogP contribution in [0.15, 0.2) is 48.5 Å². The molecule has 0 amide bonds. The predicted molar refractivity (Wildman–Crippen MR) is 79.6 cm³/mol. The second kappa shape index (κ2) is 5.40. The number of esters is 1. The van der Waals surface area contributed by atoms with Crippen LogP contribution in [0.25, 0.3) is 22.0 Å². The van der Waals surface area contributed by atoms with E-state index in [1.807, 2.05) is 24.3 Å². The first-order valence-corrected chi connectivity index (χ1v) is 6.74. The molecule has 0 saturated heterocycles. The number of hydrogen-bond donors (Lipinski definition) is 1. The van der Waals surface area contributed by atoms with Crippen LogP contribution in [0.1, 0.15) is 17.4 Å². The molecule has 0 fully saturated rings. The first-order valence-electron chi connectivity index (χ1n) is 6.74. The molecule has 0 saturated carbocycles. The predicted octanol–water partition coefficient (Wildman–Crippen LogP) is 4.15. The van der Waals surface area contributed by atoms with E-state index in [1.165, 1.54) is 12.1 Å². The fourth-order valence-corrected chi connectivity index (χ4v) is 2.37. The van der Waals surface area contributed by atoms with E-state index < -0.39 is 0 Å². The lowest BCUT2D eigenvalue weighted by molar-refractivity contribution is 0.0520. The summed E-state index contributed by atoms with van der Waals surface area (Å²) < 4.78 is 18.4. The van der Waals surface area contributed by atoms with Gasteiger partial charge < -0.3 is 9.72 Å². The molecule has 3 rings (SSSR count). The Bertz CT molecular complexity index is 807. The minimum atomic E-state index is -0.390. The quantitative estimate of drug-likeness (QED) is 0.734. The van der Waals surface area contributed by atoms with Gasteiger partial charge in [0, 0.05) is 10.9 Å². The Labute approximate surface area is 121 Å². The van der Waals surface area contributed by atoms with Gasteiger partial charge in [-0.1, -0.05) is 30.3 Å². The summed E-state index contributed by atoms with van der Waals surface area (Å²) in [6.45, 7) is 2.09. The van der Waals surface area contributed by atoms with Crippen LogP contribution in [-0.2, 0) is 4.74 Å². The summed E-state index contributed by atoms with van der Waals surface area (Å²) in [7, 11) is 0. The summed E-state index contributed by atoms with van der Waals surface area (Å²) in [6, 6.07) is 13.8. The van der Waals surface area contributed by atoms with Crippen molar-refractivity contribution in [1.82, 2.24) is 4.98 Å². The molecule has 0 aliphatic carbocycles. The average Bonchev–Trinajstić information content (AvgIpc) is 2.91. The standard InChI is InChI=1S/C17H14FNO2/c1-2-21-17(20)15-10-12-6-4-8-14(16(12)19-15)11-5-3-7-13(18)9-11/h3-10,19H,2H2,1H3. The van der Waals surface area contributed by atoms with Gasteiger partial charge in [0.2, 0.25) is 0 Å². The number of aromatic nitrogens is 1. The molecule has 0 aliphatic heterocycles. The third kappa shape index (κ3) is 2.52. The van der Waals surface area contributed by atoms with Crippen LogP contribution in [0.4, 0.5) is 4.39 Å². The minimum Gasteiger partial charge on any atom is -0.461 e. The van der Waals surface area contributed by atoms with Gasteiger partial charge in [-0.05, 0) is 30.7 Å². The Balaban J connectivity index is 2.14. The van der Waals surface area contributed by atoms with Crippen LogP contribution in [-0.4, -0.2) is 17.6 Å². The zero-order valence-electron chi connectivity index (χ0n) is 11.5. The number of carbonyl (C=O) groups excluding carboxylic acids is 1. The topological polar surface area (TPSA) is 42.1 Å². The van der Waals surface area contributed by atoms with E-state index >= 15 is 0 Å². The van der Waals surface area contributed by atoms with Crippen LogP contribution in [0, 0.1) is 5.82 Å². The molecule has 4 heteroatoms. The number of fused-ring (bicyclic) bond motifs is 1. The Morgan fingerprint density at radius 2 is 2.00 bits per heavy atom. The summed E-state index contributed by atoms with van der Waals surface area (Å²) in [5.74, 6) is -0.680. The maximum absolute atomic E-state index is 13.4. The number of nitrogens with one attached hydrogen (secondary N) is 1. The normalized spacial score (nSPS) is 10.8. The zero-order chi connectivity index (χ0) is 14.8. The largest absolute Gasteiger partial charge is 0.461 e. The number of aromatic amines is 1. The number of carbonyl (C=O) groups is 1. The highest BCUT2D eigenvalue weighted by molar-refractivity contribution is 6.00. The number of H-pyrrole nitrogens is 1. The van der Waals surface area contributed by atoms with E-state index in [1.54, 1.807) is 19.1 Å². The van der Waals surface area contributed by atoms with Gasteiger partial charge in [0.25, 0.3) is 0 Å². The molecule has 1 N–H and O–H groups in total. The van der Waals surface area contributed by atoms with Gasteiger partial charge in [-0.2, -0.15) is 0 Å². The van der Waals surface area contributed by atoms with Crippen molar-refractivity contribution in [3.05, 3.63) is 60.0 Å². The van der Waals surface area contributed by atoms with Gasteiger partial charge >= 0.3 is 5.97 Å². The Kier molecular flexibility index (Phi) is 3.44. The van der Waals surface area contributed by atoms with Crippen LogP contribution < -0.4 is 0 Å². The molecule has 1 heterocycles. The molecule has 3 nitrogen and oxygen atoms in total. The summed E-state index contributed by atoms with van der Waals surface area (Å²) in [5, 5.41) is 0.889. The van der Waals surface area contributed by atoms with Crippen molar-refractivity contribution in [1.29, 1.82) is 0 Å². The lowest BCUT2D eigenvalue weighted by atomic mass is 10.0. The number of rotatable bonds is 3. The molecule has 0 bridgehead atoms. The molecule has 2 aromatic carbocycles. The van der Waals surface area contributed by atoms with Gasteiger partial charge in [-0.25, -0.2) is 9.18 Å². The van der Waals surface area contributed by atoms with E-state index in [9.17, 15) is 9.18 Å². The first-order chi connectivity index (χ1) is 10.2. The van der Waals surface area contributed by atoms with Crippen LogP contribution >= 0.6 is 0 Å². The number of hydrogen-bond acceptors (Lipinski definition) is 2. The second-order valence-electron chi connectivity index (χ2n) is 4.68. The van der Waals surface area contributed by atoms with E-state index in [0.717, 1.165) is 22.0 Å². The van der Waals surface area contributed by atoms with Gasteiger partial charge in [0.05, 0.1) is 12.1 Å². The molecule has 21 heavy (non-hydrogen) atoms. The first kappa shape index (κ1) is 13.4. The average molecular weight is 283 g/mol. The second-order valence-corrected chi connectivity index (χ2v) is 4.68. The molecule has 0 radical (unpaired) electrons. The zero-order valence-corrected chi connectivity index (χ0v) is 11.5. The SMILES string of the molecule is CCOC(=O)c1cc2cccc(-c3cccc(F)c3)c2[nH]1. The van der Waals surface area contributed by atoms with E-state index in [-0.39, 0.29) is 11.8 Å². The highest BCUT2D eigenvalue weighted by Crippen LogP contribution is 2.29. The van der Waals surface area contributed by atoms with Gasteiger partial charge in [-0.3, -0.25) is 0 Å². The summed E-state index contributed by atoms with van der Waals surface area (Å²) in [4.78, 5) is 14.9. The minimum absolute atomic E-state index is 0.290. The molecule has 0 unspecified atom stereocenters. The van der Waals surface area contributed by atoms with Gasteiger partial charge in [0.1, 0.15) is 11.5 Å². The molecular formula is C17H14FNO2. The van der Waals surface area contributed by atoms with E-state index in [2.05, 4.69) is 4.98 Å². The summed E-state index contributed by atoms with van der Waals surface area (Å²) in [5.41, 5.74) is 2.81. The highest BCUT2D eigenvalue weighted by Gasteiger charge is 2.13. The lowest BCUT2D eigenvalue weighted by Crippen LogP contribution is -2.04. The number of para-hydroxylation sites is 1. The monoisotopic (exact) mass is 283 g/mol. The fraction of sp³-hybridized carbons (Fsp3) is 0.118. The van der Waals surface area contributed by atoms with Crippen molar-refractivity contribution in [2.24, 2.45) is 0 Å². The third-order valence-corrected chi connectivity index (χ3v) is 3.29. The van der Waals surface area contributed by atoms with Crippen molar-refractivity contribution >= 4 is 16.9 Å². The highest BCUT2D eigenvalue weighted by atomic mass is 19.1. The van der Waals surface area contributed by atoms with Gasteiger partial charge in [-0.15, -0.1) is 0 Å². The van der Waals surface area contributed by atoms with Crippen LogP contribution in [0.5, 0.6) is 0 Å². The fourth-order valence-electron chi connectivity index (χ4n) is 2.37. The lowest BCUT2D eigenvalue weighted by Gasteiger charge is -2.03. The van der Waals surface area contributed by atoms with Crippen LogP contribution in [0.2, 0.25) is 0 Å². The smallest absolute Gasteiger partial charge is 0.354 e. The Morgan fingerprint density at radius 1 is 1.19 bits per heavy atom. The van der Waals surface area contributed by atoms with Crippen molar-refractivity contribution in [2.75, 3.05) is 6.61 Å². The van der Waals surface area contributed by atoms with Crippen LogP contribution in [0.3, 0.4) is 0 Å². The van der Waals surface area contributed by atoms with Crippen molar-refractivity contribution in [2.45, 2.75) is 6.92 Å². The molecule has 0 aliphatic rings. The number of benzene rings is 2. The van der Waals surface area contributed by atoms with Gasteiger partial charge in [0.15, 0.2) is 0 Å². The Morgan fingerprint density at radius 3 is 2.76 bits per heavy atom. The molecule has 0 atom stereocenters. The van der Waals surface area contributed by atoms with Crippen molar-refractivity contribution < 1.29 is 13.9 Å². The van der Waals surface area contributed by atoms with Crippen molar-refractivity contribution in [3.8, 4) is 11.1 Å². The molecule has 0 spiro atoms.